The summed E-state index contributed by atoms with van der Waals surface area (Å²) in [6, 6.07) is 0.175. The number of rotatable bonds is 4. The average molecular weight is 257 g/mol. The van der Waals surface area contributed by atoms with Crippen LogP contribution in [-0.4, -0.2) is 55.6 Å². The minimum Gasteiger partial charge on any atom is -0.466 e. The fourth-order valence-corrected chi connectivity index (χ4v) is 2.72. The molecule has 104 valence electrons. The summed E-state index contributed by atoms with van der Waals surface area (Å²) in [7, 11) is 0. The monoisotopic (exact) mass is 257 g/mol. The van der Waals surface area contributed by atoms with Crippen LogP contribution in [0.3, 0.4) is 0 Å². The second kappa shape index (κ2) is 5.99. The second-order valence-corrected chi connectivity index (χ2v) is 5.04. The summed E-state index contributed by atoms with van der Waals surface area (Å²) >= 11 is 0. The molecule has 0 aromatic rings. The summed E-state index contributed by atoms with van der Waals surface area (Å²) in [6.45, 7) is 7.45. The molecule has 0 aliphatic carbocycles. The summed E-state index contributed by atoms with van der Waals surface area (Å²) < 4.78 is 16.5. The predicted molar refractivity (Wildman–Crippen MR) is 66.2 cm³/mol. The van der Waals surface area contributed by atoms with Crippen molar-refractivity contribution in [1.82, 2.24) is 4.90 Å². The smallest absolute Gasteiger partial charge is 0.307 e. The standard InChI is InChI=1S/C13H23NO4/c1-3-16-12(15)9-11(2)14-6-4-5-13(10-14)17-7-8-18-13/h11H,3-10H2,1-2H3. The van der Waals surface area contributed by atoms with Gasteiger partial charge in [-0.3, -0.25) is 9.69 Å². The molecule has 0 radical (unpaired) electrons. The molecule has 5 nitrogen and oxygen atoms in total. The Balaban J connectivity index is 1.86. The topological polar surface area (TPSA) is 48.0 Å². The molecule has 0 aromatic carbocycles. The number of piperidine rings is 1. The van der Waals surface area contributed by atoms with Crippen molar-refractivity contribution >= 4 is 5.97 Å². The van der Waals surface area contributed by atoms with Crippen molar-refractivity contribution in [2.75, 3.05) is 32.9 Å². The van der Waals surface area contributed by atoms with E-state index in [-0.39, 0.29) is 12.0 Å². The highest BCUT2D eigenvalue weighted by Crippen LogP contribution is 2.31. The molecular weight excluding hydrogens is 234 g/mol. The molecule has 2 aliphatic rings. The molecule has 2 rings (SSSR count). The molecule has 2 fully saturated rings. The van der Waals surface area contributed by atoms with Crippen molar-refractivity contribution in [1.29, 1.82) is 0 Å². The fraction of sp³-hybridized carbons (Fsp3) is 0.923. The van der Waals surface area contributed by atoms with Gasteiger partial charge in [0, 0.05) is 12.5 Å². The lowest BCUT2D eigenvalue weighted by atomic mass is 10.0. The Morgan fingerprint density at radius 1 is 1.44 bits per heavy atom. The highest BCUT2D eigenvalue weighted by Gasteiger charge is 2.41. The summed E-state index contributed by atoms with van der Waals surface area (Å²) in [5.74, 6) is -0.542. The Kier molecular flexibility index (Phi) is 4.59. The van der Waals surface area contributed by atoms with E-state index in [4.69, 9.17) is 14.2 Å². The van der Waals surface area contributed by atoms with Crippen molar-refractivity contribution in [3.05, 3.63) is 0 Å². The first kappa shape index (κ1) is 13.8. The zero-order valence-corrected chi connectivity index (χ0v) is 11.3. The first-order valence-corrected chi connectivity index (χ1v) is 6.83. The van der Waals surface area contributed by atoms with Crippen molar-refractivity contribution in [3.63, 3.8) is 0 Å². The fourth-order valence-electron chi connectivity index (χ4n) is 2.72. The lowest BCUT2D eigenvalue weighted by Gasteiger charge is -2.41. The van der Waals surface area contributed by atoms with Gasteiger partial charge in [-0.1, -0.05) is 0 Å². The second-order valence-electron chi connectivity index (χ2n) is 5.04. The zero-order chi connectivity index (χ0) is 13.0. The summed E-state index contributed by atoms with van der Waals surface area (Å²) in [6.07, 6.45) is 2.44. The molecule has 0 aromatic heterocycles. The Morgan fingerprint density at radius 2 is 2.17 bits per heavy atom. The molecular formula is C13H23NO4. The van der Waals surface area contributed by atoms with Crippen LogP contribution < -0.4 is 0 Å². The van der Waals surface area contributed by atoms with Crippen LogP contribution in [0.25, 0.3) is 0 Å². The van der Waals surface area contributed by atoms with Crippen LogP contribution in [0.1, 0.15) is 33.1 Å². The maximum atomic E-state index is 11.5. The number of carbonyl (C=O) groups is 1. The molecule has 5 heteroatoms. The van der Waals surface area contributed by atoms with E-state index in [1.54, 1.807) is 0 Å². The minimum atomic E-state index is -0.416. The van der Waals surface area contributed by atoms with Crippen LogP contribution in [0.4, 0.5) is 0 Å². The summed E-state index contributed by atoms with van der Waals surface area (Å²) in [5, 5.41) is 0. The van der Waals surface area contributed by atoms with Crippen molar-refractivity contribution < 1.29 is 19.0 Å². The Labute approximate surface area is 108 Å². The van der Waals surface area contributed by atoms with E-state index in [2.05, 4.69) is 11.8 Å². The molecule has 1 spiro atoms. The predicted octanol–water partition coefficient (Wildman–Crippen LogP) is 1.17. The third kappa shape index (κ3) is 3.22. The molecule has 2 aliphatic heterocycles. The van der Waals surface area contributed by atoms with Crippen LogP contribution >= 0.6 is 0 Å². The summed E-state index contributed by atoms with van der Waals surface area (Å²) in [5.41, 5.74) is 0. The number of likely N-dealkylation sites (tertiary alicyclic amines) is 1. The minimum absolute atomic E-state index is 0.127. The lowest BCUT2D eigenvalue weighted by molar-refractivity contribution is -0.194. The van der Waals surface area contributed by atoms with Crippen LogP contribution in [0.2, 0.25) is 0 Å². The number of ether oxygens (including phenoxy) is 3. The van der Waals surface area contributed by atoms with Crippen molar-refractivity contribution in [2.24, 2.45) is 0 Å². The van der Waals surface area contributed by atoms with Gasteiger partial charge < -0.3 is 14.2 Å². The maximum Gasteiger partial charge on any atom is 0.307 e. The largest absolute Gasteiger partial charge is 0.466 e. The number of hydrogen-bond acceptors (Lipinski definition) is 5. The van der Waals surface area contributed by atoms with Gasteiger partial charge in [0.05, 0.1) is 32.8 Å². The number of hydrogen-bond donors (Lipinski definition) is 0. The lowest BCUT2D eigenvalue weighted by Crippen LogP contribution is -2.52. The van der Waals surface area contributed by atoms with Crippen LogP contribution in [0.15, 0.2) is 0 Å². The number of nitrogens with zero attached hydrogens (tertiary/aromatic N) is 1. The van der Waals surface area contributed by atoms with E-state index in [9.17, 15) is 4.79 Å². The molecule has 2 heterocycles. The molecule has 18 heavy (non-hydrogen) atoms. The SMILES string of the molecule is CCOC(=O)CC(C)N1CCCC2(C1)OCCO2. The van der Waals surface area contributed by atoms with Gasteiger partial charge in [-0.15, -0.1) is 0 Å². The van der Waals surface area contributed by atoms with Crippen molar-refractivity contribution in [2.45, 2.75) is 44.9 Å². The van der Waals surface area contributed by atoms with Gasteiger partial charge in [0.2, 0.25) is 0 Å². The number of carbonyl (C=O) groups excluding carboxylic acids is 1. The van der Waals surface area contributed by atoms with Gasteiger partial charge in [0.15, 0.2) is 5.79 Å². The molecule has 1 atom stereocenters. The van der Waals surface area contributed by atoms with Gasteiger partial charge in [-0.25, -0.2) is 0 Å². The first-order chi connectivity index (χ1) is 8.65. The van der Waals surface area contributed by atoms with E-state index < -0.39 is 5.79 Å². The highest BCUT2D eigenvalue weighted by atomic mass is 16.7. The Morgan fingerprint density at radius 3 is 2.83 bits per heavy atom. The van der Waals surface area contributed by atoms with E-state index in [0.717, 1.165) is 25.9 Å². The Bertz CT molecular complexity index is 289. The van der Waals surface area contributed by atoms with Gasteiger partial charge in [-0.2, -0.15) is 0 Å². The molecule has 0 saturated carbocycles. The first-order valence-electron chi connectivity index (χ1n) is 6.83. The third-order valence-electron chi connectivity index (χ3n) is 3.65. The van der Waals surface area contributed by atoms with Gasteiger partial charge in [-0.05, 0) is 26.8 Å². The van der Waals surface area contributed by atoms with E-state index in [0.29, 0.717) is 26.2 Å². The quantitative estimate of drug-likeness (QED) is 0.707. The normalized spacial score (nSPS) is 25.2. The number of esters is 1. The third-order valence-corrected chi connectivity index (χ3v) is 3.65. The molecule has 1 unspecified atom stereocenters. The Hall–Kier alpha value is -0.650. The van der Waals surface area contributed by atoms with Crippen LogP contribution in [0, 0.1) is 0 Å². The maximum absolute atomic E-state index is 11.5. The zero-order valence-electron chi connectivity index (χ0n) is 11.3. The van der Waals surface area contributed by atoms with Gasteiger partial charge >= 0.3 is 5.97 Å². The van der Waals surface area contributed by atoms with Gasteiger partial charge in [0.1, 0.15) is 0 Å². The molecule has 0 bridgehead atoms. The van der Waals surface area contributed by atoms with E-state index in [1.807, 2.05) is 6.92 Å². The molecule has 2 saturated heterocycles. The highest BCUT2D eigenvalue weighted by molar-refractivity contribution is 5.70. The van der Waals surface area contributed by atoms with Crippen LogP contribution in [-0.2, 0) is 19.0 Å². The summed E-state index contributed by atoms with van der Waals surface area (Å²) in [4.78, 5) is 13.8. The van der Waals surface area contributed by atoms with Crippen LogP contribution in [0.5, 0.6) is 0 Å². The van der Waals surface area contributed by atoms with Gasteiger partial charge in [0.25, 0.3) is 0 Å². The molecule has 0 N–H and O–H groups in total. The van der Waals surface area contributed by atoms with Crippen molar-refractivity contribution in [3.8, 4) is 0 Å². The molecule has 0 amide bonds. The van der Waals surface area contributed by atoms with E-state index in [1.165, 1.54) is 0 Å². The average Bonchev–Trinajstić information content (AvgIpc) is 2.77. The van der Waals surface area contributed by atoms with E-state index >= 15 is 0 Å².